The summed E-state index contributed by atoms with van der Waals surface area (Å²) in [7, 11) is -2.72. The number of aryl methyl sites for hydroxylation is 1. The van der Waals surface area contributed by atoms with Gasteiger partial charge < -0.3 is 15.0 Å². The van der Waals surface area contributed by atoms with Crippen molar-refractivity contribution in [3.05, 3.63) is 124 Å². The van der Waals surface area contributed by atoms with Crippen LogP contribution in [0.25, 0.3) is 0 Å². The molecule has 4 aromatic rings. The minimum atomic E-state index is -4.23. The highest BCUT2D eigenvalue weighted by Crippen LogP contribution is 2.28. The van der Waals surface area contributed by atoms with E-state index in [9.17, 15) is 18.0 Å². The normalized spacial score (nSPS) is 11.9. The van der Waals surface area contributed by atoms with Crippen LogP contribution in [0.2, 0.25) is 10.0 Å². The molecule has 0 radical (unpaired) electrons. The molecule has 0 spiro atoms. The predicted molar refractivity (Wildman–Crippen MR) is 188 cm³/mol. The van der Waals surface area contributed by atoms with E-state index in [4.69, 9.17) is 27.9 Å². The molecule has 1 atom stereocenters. The first kappa shape index (κ1) is 35.8. The second-order valence-corrected chi connectivity index (χ2v) is 13.8. The fraction of sp³-hybridized carbons (Fsp3) is 0.278. The molecule has 0 aliphatic rings. The smallest absolute Gasteiger partial charge is 0.264 e. The second-order valence-electron chi connectivity index (χ2n) is 11.1. The molecule has 0 heterocycles. The Morgan fingerprint density at radius 1 is 0.915 bits per heavy atom. The monoisotopic (exact) mass is 695 g/mol. The number of ether oxygens (including phenoxy) is 1. The van der Waals surface area contributed by atoms with Gasteiger partial charge in [0.05, 0.1) is 17.7 Å². The van der Waals surface area contributed by atoms with E-state index >= 15 is 0 Å². The number of carbonyl (C=O) groups is 2. The molecule has 4 rings (SSSR count). The lowest BCUT2D eigenvalue weighted by Crippen LogP contribution is -2.53. The van der Waals surface area contributed by atoms with Crippen molar-refractivity contribution in [2.45, 2.75) is 50.6 Å². The summed E-state index contributed by atoms with van der Waals surface area (Å²) in [5.74, 6) is -0.411. The van der Waals surface area contributed by atoms with Crippen molar-refractivity contribution in [3.63, 3.8) is 0 Å². The number of rotatable bonds is 15. The maximum atomic E-state index is 14.6. The van der Waals surface area contributed by atoms with Crippen LogP contribution in [-0.4, -0.2) is 51.4 Å². The van der Waals surface area contributed by atoms with Crippen LogP contribution in [0, 0.1) is 6.92 Å². The number of nitrogens with zero attached hydrogens (tertiary/aromatic N) is 2. The average molecular weight is 697 g/mol. The minimum Gasteiger partial charge on any atom is -0.497 e. The molecule has 0 unspecified atom stereocenters. The number of halogens is 2. The fourth-order valence-electron chi connectivity index (χ4n) is 5.01. The Balaban J connectivity index is 1.81. The molecule has 8 nitrogen and oxygen atoms in total. The van der Waals surface area contributed by atoms with Gasteiger partial charge in [-0.2, -0.15) is 0 Å². The summed E-state index contributed by atoms with van der Waals surface area (Å²) >= 11 is 12.8. The number of amides is 2. The molecule has 0 aromatic heterocycles. The van der Waals surface area contributed by atoms with E-state index in [1.165, 1.54) is 24.1 Å². The zero-order valence-electron chi connectivity index (χ0n) is 26.7. The van der Waals surface area contributed by atoms with Crippen molar-refractivity contribution in [1.82, 2.24) is 10.2 Å². The van der Waals surface area contributed by atoms with Gasteiger partial charge in [-0.15, -0.1) is 0 Å². The highest BCUT2D eigenvalue weighted by Gasteiger charge is 2.35. The van der Waals surface area contributed by atoms with Gasteiger partial charge in [-0.3, -0.25) is 13.9 Å². The number of anilines is 1. The molecule has 4 aromatic carbocycles. The van der Waals surface area contributed by atoms with Gasteiger partial charge >= 0.3 is 0 Å². The summed E-state index contributed by atoms with van der Waals surface area (Å²) in [4.78, 5) is 29.9. The number of benzene rings is 4. The third-order valence-corrected chi connectivity index (χ3v) is 10.1. The molecule has 0 bridgehead atoms. The van der Waals surface area contributed by atoms with Crippen LogP contribution in [-0.2, 0) is 32.6 Å². The first-order valence-corrected chi connectivity index (χ1v) is 17.5. The quantitative estimate of drug-likeness (QED) is 0.134. The largest absolute Gasteiger partial charge is 0.497 e. The van der Waals surface area contributed by atoms with E-state index in [0.29, 0.717) is 27.9 Å². The van der Waals surface area contributed by atoms with Gasteiger partial charge in [-0.25, -0.2) is 8.42 Å². The maximum absolute atomic E-state index is 14.6. The molecule has 0 aliphatic carbocycles. The van der Waals surface area contributed by atoms with Crippen molar-refractivity contribution in [1.29, 1.82) is 0 Å². The van der Waals surface area contributed by atoms with Gasteiger partial charge in [-0.05, 0) is 73.0 Å². The van der Waals surface area contributed by atoms with Crippen LogP contribution in [0.15, 0.2) is 102 Å². The zero-order valence-corrected chi connectivity index (χ0v) is 29.0. The van der Waals surface area contributed by atoms with Crippen LogP contribution >= 0.6 is 23.2 Å². The standard InChI is InChI=1S/C36H39Cl2N3O5S/c1-4-5-21-39-36(43)34(22-27-9-7-6-8-10-27)40(24-28-13-14-29(37)23-33(28)38)35(42)25-41(30-15-17-31(46-3)18-16-30)47(44,45)32-19-11-26(2)12-20-32/h6-20,23,34H,4-5,21-22,24-25H2,1-3H3,(H,39,43)/t34-/m0/s1. The molecular weight excluding hydrogens is 657 g/mol. The Hall–Kier alpha value is -4.05. The number of unbranched alkanes of at least 4 members (excludes halogenated alkanes) is 1. The van der Waals surface area contributed by atoms with Gasteiger partial charge in [0.1, 0.15) is 18.3 Å². The summed E-state index contributed by atoms with van der Waals surface area (Å²) in [6, 6.07) is 26.2. The van der Waals surface area contributed by atoms with Crippen LogP contribution in [0.3, 0.4) is 0 Å². The number of sulfonamides is 1. The van der Waals surface area contributed by atoms with Gasteiger partial charge in [0.15, 0.2) is 0 Å². The Labute approximate surface area is 287 Å². The second kappa shape index (κ2) is 16.7. The van der Waals surface area contributed by atoms with Crippen molar-refractivity contribution in [2.75, 3.05) is 24.5 Å². The van der Waals surface area contributed by atoms with E-state index < -0.39 is 28.5 Å². The molecule has 1 N–H and O–H groups in total. The van der Waals surface area contributed by atoms with Crippen molar-refractivity contribution in [3.8, 4) is 5.75 Å². The lowest BCUT2D eigenvalue weighted by molar-refractivity contribution is -0.140. The molecule has 2 amide bonds. The topological polar surface area (TPSA) is 96.0 Å². The lowest BCUT2D eigenvalue weighted by atomic mass is 10.0. The number of carbonyl (C=O) groups excluding carboxylic acids is 2. The summed E-state index contributed by atoms with van der Waals surface area (Å²) < 4.78 is 34.7. The fourth-order valence-corrected chi connectivity index (χ4v) is 6.89. The van der Waals surface area contributed by atoms with Gasteiger partial charge in [0.2, 0.25) is 11.8 Å². The van der Waals surface area contributed by atoms with Gasteiger partial charge in [0.25, 0.3) is 10.0 Å². The van der Waals surface area contributed by atoms with Crippen LogP contribution < -0.4 is 14.4 Å². The molecule has 0 saturated carbocycles. The lowest BCUT2D eigenvalue weighted by Gasteiger charge is -2.34. The number of hydrogen-bond acceptors (Lipinski definition) is 5. The Kier molecular flexibility index (Phi) is 12.7. The third kappa shape index (κ3) is 9.50. The summed E-state index contributed by atoms with van der Waals surface area (Å²) in [6.07, 6.45) is 1.84. The van der Waals surface area contributed by atoms with Crippen molar-refractivity contribution < 1.29 is 22.7 Å². The van der Waals surface area contributed by atoms with Crippen molar-refractivity contribution in [2.24, 2.45) is 0 Å². The van der Waals surface area contributed by atoms with Crippen LogP contribution in [0.1, 0.15) is 36.5 Å². The molecule has 248 valence electrons. The molecule has 0 fully saturated rings. The Morgan fingerprint density at radius 2 is 1.60 bits per heavy atom. The van der Waals surface area contributed by atoms with Crippen LogP contribution in [0.5, 0.6) is 5.75 Å². The Morgan fingerprint density at radius 3 is 2.21 bits per heavy atom. The van der Waals surface area contributed by atoms with E-state index in [2.05, 4.69) is 5.32 Å². The number of hydrogen-bond donors (Lipinski definition) is 1. The zero-order chi connectivity index (χ0) is 34.0. The predicted octanol–water partition coefficient (Wildman–Crippen LogP) is 7.06. The Bertz CT molecular complexity index is 1750. The number of methoxy groups -OCH3 is 1. The molecule has 47 heavy (non-hydrogen) atoms. The average Bonchev–Trinajstić information content (AvgIpc) is 3.06. The SMILES string of the molecule is CCCCNC(=O)[C@H](Cc1ccccc1)N(Cc1ccc(Cl)cc1Cl)C(=O)CN(c1ccc(OC)cc1)S(=O)(=O)c1ccc(C)cc1. The van der Waals surface area contributed by atoms with Crippen LogP contribution in [0.4, 0.5) is 5.69 Å². The molecule has 0 aliphatic heterocycles. The van der Waals surface area contributed by atoms with E-state index in [1.54, 1.807) is 54.6 Å². The first-order chi connectivity index (χ1) is 22.5. The highest BCUT2D eigenvalue weighted by molar-refractivity contribution is 7.92. The van der Waals surface area contributed by atoms with E-state index in [-0.39, 0.29) is 29.5 Å². The van der Waals surface area contributed by atoms with E-state index in [0.717, 1.165) is 28.3 Å². The highest BCUT2D eigenvalue weighted by atomic mass is 35.5. The first-order valence-electron chi connectivity index (χ1n) is 15.3. The summed E-state index contributed by atoms with van der Waals surface area (Å²) in [5, 5.41) is 3.72. The van der Waals surface area contributed by atoms with Gasteiger partial charge in [-0.1, -0.05) is 90.6 Å². The van der Waals surface area contributed by atoms with Crippen molar-refractivity contribution >= 4 is 50.7 Å². The van der Waals surface area contributed by atoms with E-state index in [1.807, 2.05) is 44.2 Å². The summed E-state index contributed by atoms with van der Waals surface area (Å²) in [5.41, 5.74) is 2.54. The molecule has 11 heteroatoms. The molecular formula is C36H39Cl2N3O5S. The number of nitrogens with one attached hydrogen (secondary N) is 1. The molecule has 0 saturated heterocycles. The summed E-state index contributed by atoms with van der Waals surface area (Å²) in [6.45, 7) is 3.67. The maximum Gasteiger partial charge on any atom is 0.264 e. The minimum absolute atomic E-state index is 0.0251. The third-order valence-electron chi connectivity index (χ3n) is 7.70. The van der Waals surface area contributed by atoms with Gasteiger partial charge in [0, 0.05) is 29.6 Å².